The SMILES string of the molecule is COc1ccc(CNC(C)C)cc1OCCC(C)(C)OC. The van der Waals surface area contributed by atoms with E-state index in [0.717, 1.165) is 24.5 Å². The monoisotopic (exact) mass is 295 g/mol. The maximum atomic E-state index is 5.88. The van der Waals surface area contributed by atoms with E-state index < -0.39 is 0 Å². The van der Waals surface area contributed by atoms with Gasteiger partial charge in [0.15, 0.2) is 11.5 Å². The van der Waals surface area contributed by atoms with Gasteiger partial charge in [-0.3, -0.25) is 0 Å². The van der Waals surface area contributed by atoms with Gasteiger partial charge in [-0.1, -0.05) is 19.9 Å². The third-order valence-electron chi connectivity index (χ3n) is 3.46. The summed E-state index contributed by atoms with van der Waals surface area (Å²) in [7, 11) is 3.38. The minimum Gasteiger partial charge on any atom is -0.493 e. The third kappa shape index (κ3) is 6.36. The van der Waals surface area contributed by atoms with Crippen molar-refractivity contribution in [3.05, 3.63) is 23.8 Å². The summed E-state index contributed by atoms with van der Waals surface area (Å²) >= 11 is 0. The predicted octanol–water partition coefficient (Wildman–Crippen LogP) is 3.39. The standard InChI is InChI=1S/C17H29NO3/c1-13(2)18-12-14-7-8-15(19-5)16(11-14)21-10-9-17(3,4)20-6/h7-8,11,13,18H,9-10,12H2,1-6H3. The van der Waals surface area contributed by atoms with Crippen molar-refractivity contribution in [2.24, 2.45) is 0 Å². The summed E-state index contributed by atoms with van der Waals surface area (Å²) in [5.74, 6) is 1.55. The van der Waals surface area contributed by atoms with E-state index in [2.05, 4.69) is 39.1 Å². The highest BCUT2D eigenvalue weighted by molar-refractivity contribution is 5.43. The van der Waals surface area contributed by atoms with Gasteiger partial charge in [0.05, 0.1) is 19.3 Å². The summed E-state index contributed by atoms with van der Waals surface area (Å²) in [6, 6.07) is 6.50. The lowest BCUT2D eigenvalue weighted by Crippen LogP contribution is -2.25. The summed E-state index contributed by atoms with van der Waals surface area (Å²) in [6.45, 7) is 9.79. The Morgan fingerprint density at radius 1 is 1.14 bits per heavy atom. The molecule has 0 atom stereocenters. The molecule has 120 valence electrons. The average molecular weight is 295 g/mol. The van der Waals surface area contributed by atoms with Gasteiger partial charge in [-0.05, 0) is 31.5 Å². The number of nitrogens with one attached hydrogen (secondary N) is 1. The molecule has 4 nitrogen and oxygen atoms in total. The Bertz CT molecular complexity index is 430. The maximum absolute atomic E-state index is 5.88. The van der Waals surface area contributed by atoms with Gasteiger partial charge in [0, 0.05) is 26.1 Å². The molecule has 0 fully saturated rings. The van der Waals surface area contributed by atoms with E-state index in [1.54, 1.807) is 14.2 Å². The van der Waals surface area contributed by atoms with Gasteiger partial charge >= 0.3 is 0 Å². The molecule has 1 N–H and O–H groups in total. The second kappa shape index (κ2) is 8.25. The van der Waals surface area contributed by atoms with Gasteiger partial charge < -0.3 is 19.5 Å². The zero-order chi connectivity index (χ0) is 15.9. The normalized spacial score (nSPS) is 11.8. The van der Waals surface area contributed by atoms with Crippen LogP contribution in [0, 0.1) is 0 Å². The van der Waals surface area contributed by atoms with Crippen LogP contribution >= 0.6 is 0 Å². The molecule has 0 aromatic heterocycles. The molecule has 0 saturated heterocycles. The van der Waals surface area contributed by atoms with Crippen LogP contribution in [0.5, 0.6) is 11.5 Å². The molecule has 0 radical (unpaired) electrons. The van der Waals surface area contributed by atoms with Crippen molar-refractivity contribution in [2.75, 3.05) is 20.8 Å². The van der Waals surface area contributed by atoms with Gasteiger partial charge in [0.25, 0.3) is 0 Å². The molecule has 4 heteroatoms. The molecule has 21 heavy (non-hydrogen) atoms. The topological polar surface area (TPSA) is 39.7 Å². The third-order valence-corrected chi connectivity index (χ3v) is 3.46. The van der Waals surface area contributed by atoms with Crippen LogP contribution in [0.15, 0.2) is 18.2 Å². The number of methoxy groups -OCH3 is 2. The van der Waals surface area contributed by atoms with E-state index in [1.807, 2.05) is 12.1 Å². The van der Waals surface area contributed by atoms with Crippen LogP contribution in [0.1, 0.15) is 39.7 Å². The molecule has 0 heterocycles. The first-order valence-corrected chi connectivity index (χ1v) is 7.46. The molecular formula is C17H29NO3. The van der Waals surface area contributed by atoms with E-state index in [1.165, 1.54) is 5.56 Å². The van der Waals surface area contributed by atoms with Crippen LogP contribution in [-0.4, -0.2) is 32.5 Å². The zero-order valence-electron chi connectivity index (χ0n) is 14.2. The predicted molar refractivity (Wildman–Crippen MR) is 86.2 cm³/mol. The number of hydrogen-bond donors (Lipinski definition) is 1. The van der Waals surface area contributed by atoms with Crippen LogP contribution in [0.3, 0.4) is 0 Å². The van der Waals surface area contributed by atoms with Crippen molar-refractivity contribution in [3.8, 4) is 11.5 Å². The van der Waals surface area contributed by atoms with Crippen LogP contribution in [0.4, 0.5) is 0 Å². The van der Waals surface area contributed by atoms with Gasteiger partial charge in [-0.25, -0.2) is 0 Å². The second-order valence-electron chi connectivity index (χ2n) is 6.08. The Hall–Kier alpha value is -1.26. The molecule has 0 aliphatic carbocycles. The van der Waals surface area contributed by atoms with Crippen molar-refractivity contribution in [3.63, 3.8) is 0 Å². The lowest BCUT2D eigenvalue weighted by molar-refractivity contribution is 0.00525. The van der Waals surface area contributed by atoms with E-state index in [4.69, 9.17) is 14.2 Å². The van der Waals surface area contributed by atoms with E-state index in [-0.39, 0.29) is 5.60 Å². The van der Waals surface area contributed by atoms with Crippen molar-refractivity contribution < 1.29 is 14.2 Å². The van der Waals surface area contributed by atoms with Gasteiger partial charge in [-0.2, -0.15) is 0 Å². The molecule has 0 aliphatic heterocycles. The van der Waals surface area contributed by atoms with E-state index in [0.29, 0.717) is 12.6 Å². The smallest absolute Gasteiger partial charge is 0.161 e. The highest BCUT2D eigenvalue weighted by Crippen LogP contribution is 2.28. The molecule has 0 bridgehead atoms. The van der Waals surface area contributed by atoms with Crippen LogP contribution in [-0.2, 0) is 11.3 Å². The van der Waals surface area contributed by atoms with Gasteiger partial charge in [0.1, 0.15) is 0 Å². The fraction of sp³-hybridized carbons (Fsp3) is 0.647. The minimum absolute atomic E-state index is 0.177. The minimum atomic E-state index is -0.177. The summed E-state index contributed by atoms with van der Waals surface area (Å²) in [6.07, 6.45) is 0.821. The summed E-state index contributed by atoms with van der Waals surface area (Å²) in [5, 5.41) is 3.40. The van der Waals surface area contributed by atoms with Gasteiger partial charge in [0.2, 0.25) is 0 Å². The first kappa shape index (κ1) is 17.8. The largest absolute Gasteiger partial charge is 0.493 e. The molecule has 1 aromatic rings. The van der Waals surface area contributed by atoms with Crippen molar-refractivity contribution in [1.82, 2.24) is 5.32 Å². The quantitative estimate of drug-likeness (QED) is 0.758. The van der Waals surface area contributed by atoms with Crippen LogP contribution < -0.4 is 14.8 Å². The maximum Gasteiger partial charge on any atom is 0.161 e. The van der Waals surface area contributed by atoms with Gasteiger partial charge in [-0.15, -0.1) is 0 Å². The van der Waals surface area contributed by atoms with Crippen LogP contribution in [0.25, 0.3) is 0 Å². The van der Waals surface area contributed by atoms with E-state index >= 15 is 0 Å². The van der Waals surface area contributed by atoms with Crippen LogP contribution in [0.2, 0.25) is 0 Å². The Morgan fingerprint density at radius 2 is 1.86 bits per heavy atom. The molecule has 1 rings (SSSR count). The van der Waals surface area contributed by atoms with Crippen molar-refractivity contribution in [2.45, 2.75) is 52.3 Å². The summed E-state index contributed by atoms with van der Waals surface area (Å²) in [5.41, 5.74) is 1.01. The van der Waals surface area contributed by atoms with E-state index in [9.17, 15) is 0 Å². The highest BCUT2D eigenvalue weighted by Gasteiger charge is 2.16. The molecule has 0 spiro atoms. The second-order valence-corrected chi connectivity index (χ2v) is 6.08. The number of ether oxygens (including phenoxy) is 3. The Kier molecular flexibility index (Phi) is 6.99. The first-order chi connectivity index (χ1) is 9.88. The zero-order valence-corrected chi connectivity index (χ0v) is 14.2. The Balaban J connectivity index is 2.67. The molecule has 1 aromatic carbocycles. The fourth-order valence-corrected chi connectivity index (χ4v) is 1.77. The Morgan fingerprint density at radius 3 is 2.43 bits per heavy atom. The molecule has 0 saturated carbocycles. The summed E-state index contributed by atoms with van der Waals surface area (Å²) in [4.78, 5) is 0. The molecule has 0 aliphatic rings. The fourth-order valence-electron chi connectivity index (χ4n) is 1.77. The summed E-state index contributed by atoms with van der Waals surface area (Å²) < 4.78 is 16.6. The lowest BCUT2D eigenvalue weighted by atomic mass is 10.1. The number of rotatable bonds is 9. The lowest BCUT2D eigenvalue weighted by Gasteiger charge is -2.23. The first-order valence-electron chi connectivity index (χ1n) is 7.46. The Labute approximate surface area is 128 Å². The van der Waals surface area contributed by atoms with Crippen molar-refractivity contribution in [1.29, 1.82) is 0 Å². The number of benzene rings is 1. The molecular weight excluding hydrogens is 266 g/mol. The average Bonchev–Trinajstić information content (AvgIpc) is 2.45. The number of hydrogen-bond acceptors (Lipinski definition) is 4. The molecule has 0 unspecified atom stereocenters. The molecule has 0 amide bonds. The van der Waals surface area contributed by atoms with Crippen molar-refractivity contribution >= 4 is 0 Å². The highest BCUT2D eigenvalue weighted by atomic mass is 16.5.